The van der Waals surface area contributed by atoms with Crippen molar-refractivity contribution in [2.75, 3.05) is 13.2 Å². The van der Waals surface area contributed by atoms with E-state index >= 15 is 0 Å². The SMILES string of the molecule is NC(=O)[C@H](N)[C@@H](O)[C@@H](O)[C@H](O)CO.N[C@@H](C=O)[C@@H](O)[C@H](O)[C@H](O)CO. The highest BCUT2D eigenvalue weighted by Gasteiger charge is 2.31. The number of aldehydes is 1. The summed E-state index contributed by atoms with van der Waals surface area (Å²) in [7, 11) is 0. The Morgan fingerprint density at radius 2 is 1.16 bits per heavy atom. The summed E-state index contributed by atoms with van der Waals surface area (Å²) in [4.78, 5) is 20.5. The van der Waals surface area contributed by atoms with Crippen molar-refractivity contribution in [2.45, 2.75) is 48.7 Å². The van der Waals surface area contributed by atoms with Gasteiger partial charge >= 0.3 is 0 Å². The first-order chi connectivity index (χ1) is 11.5. The molecule has 0 bridgehead atoms. The van der Waals surface area contributed by atoms with Crippen LogP contribution in [0.25, 0.3) is 0 Å². The standard InChI is InChI=1S/C6H14N2O5.C6H13NO5/c7-3(6(8)13)5(12)4(11)2(10)1-9;7-3(1-8)5(11)6(12)4(10)2-9/h2-5,9-12H,1,7H2,(H2,8,13);1,3-6,9-12H,2,7H2/t2-,3-,4+,5-;3-,4+,5+,6+/m10/s1. The van der Waals surface area contributed by atoms with E-state index in [1.54, 1.807) is 0 Å². The van der Waals surface area contributed by atoms with Crippen molar-refractivity contribution in [3.8, 4) is 0 Å². The zero-order valence-electron chi connectivity index (χ0n) is 13.2. The molecular weight excluding hydrogens is 346 g/mol. The van der Waals surface area contributed by atoms with Crippen LogP contribution in [-0.4, -0.2) is 115 Å². The van der Waals surface area contributed by atoms with Gasteiger partial charge in [-0.2, -0.15) is 0 Å². The van der Waals surface area contributed by atoms with Gasteiger partial charge in [-0.25, -0.2) is 0 Å². The molecule has 0 unspecified atom stereocenters. The Labute approximate surface area is 142 Å². The van der Waals surface area contributed by atoms with Crippen LogP contribution in [-0.2, 0) is 9.59 Å². The number of carbonyl (C=O) groups excluding carboxylic acids is 2. The maximum atomic E-state index is 10.4. The van der Waals surface area contributed by atoms with Crippen molar-refractivity contribution in [3.63, 3.8) is 0 Å². The molecule has 13 nitrogen and oxygen atoms in total. The molecule has 0 saturated heterocycles. The molecule has 0 spiro atoms. The van der Waals surface area contributed by atoms with E-state index in [4.69, 9.17) is 58.1 Å². The molecule has 0 heterocycles. The van der Waals surface area contributed by atoms with Gasteiger partial charge in [0.15, 0.2) is 0 Å². The van der Waals surface area contributed by atoms with Crippen molar-refractivity contribution in [3.05, 3.63) is 0 Å². The van der Waals surface area contributed by atoms with Crippen LogP contribution in [0.5, 0.6) is 0 Å². The molecule has 0 rings (SSSR count). The third-order valence-electron chi connectivity index (χ3n) is 3.11. The first kappa shape index (κ1) is 26.0. The molecule has 0 saturated carbocycles. The van der Waals surface area contributed by atoms with Gasteiger partial charge < -0.3 is 62.8 Å². The molecule has 0 aliphatic carbocycles. The predicted octanol–water partition coefficient (Wildman–Crippen LogP) is -7.54. The van der Waals surface area contributed by atoms with E-state index in [-0.39, 0.29) is 6.29 Å². The van der Waals surface area contributed by atoms with Crippen LogP contribution in [0.1, 0.15) is 0 Å². The summed E-state index contributed by atoms with van der Waals surface area (Å²) < 4.78 is 0. The number of primary amides is 1. The van der Waals surface area contributed by atoms with Gasteiger partial charge in [-0.1, -0.05) is 0 Å². The first-order valence-electron chi connectivity index (χ1n) is 7.02. The summed E-state index contributed by atoms with van der Waals surface area (Å²) >= 11 is 0. The first-order valence-corrected chi connectivity index (χ1v) is 7.02. The van der Waals surface area contributed by atoms with Gasteiger partial charge in [-0.15, -0.1) is 0 Å². The number of nitrogens with two attached hydrogens (primary N) is 3. The van der Waals surface area contributed by atoms with E-state index in [1.807, 2.05) is 0 Å². The second kappa shape index (κ2) is 13.0. The Morgan fingerprint density at radius 3 is 1.44 bits per heavy atom. The fourth-order valence-corrected chi connectivity index (χ4v) is 1.36. The third-order valence-corrected chi connectivity index (χ3v) is 3.11. The van der Waals surface area contributed by atoms with Gasteiger partial charge in [-0.3, -0.25) is 4.79 Å². The maximum Gasteiger partial charge on any atom is 0.237 e. The molecule has 0 aromatic carbocycles. The summed E-state index contributed by atoms with van der Waals surface area (Å²) in [5.74, 6) is -1.00. The second-order valence-corrected chi connectivity index (χ2v) is 5.10. The van der Waals surface area contributed by atoms with Crippen LogP contribution < -0.4 is 17.2 Å². The van der Waals surface area contributed by atoms with Crippen molar-refractivity contribution < 1.29 is 50.4 Å². The Bertz CT molecular complexity index is 388. The number of hydrogen-bond donors (Lipinski definition) is 11. The summed E-state index contributed by atoms with van der Waals surface area (Å²) in [6.45, 7) is -1.45. The normalized spacial score (nSPS) is 20.7. The number of aliphatic hydroxyl groups excluding tert-OH is 8. The van der Waals surface area contributed by atoms with Gasteiger partial charge in [0.05, 0.1) is 19.3 Å². The number of carbonyl (C=O) groups is 2. The van der Waals surface area contributed by atoms with Gasteiger partial charge in [0.1, 0.15) is 49.0 Å². The van der Waals surface area contributed by atoms with E-state index < -0.39 is 67.8 Å². The van der Waals surface area contributed by atoms with Crippen LogP contribution in [0.15, 0.2) is 0 Å². The molecular formula is C12H27N3O10. The summed E-state index contributed by atoms with van der Waals surface area (Å²) in [6, 6.07) is -2.74. The minimum absolute atomic E-state index is 0.248. The Morgan fingerprint density at radius 1 is 0.800 bits per heavy atom. The minimum Gasteiger partial charge on any atom is -0.394 e. The zero-order chi connectivity index (χ0) is 20.3. The average molecular weight is 373 g/mol. The Kier molecular flexibility index (Phi) is 13.5. The van der Waals surface area contributed by atoms with Crippen molar-refractivity contribution in [2.24, 2.45) is 17.2 Å². The lowest BCUT2D eigenvalue weighted by Crippen LogP contribution is -2.54. The van der Waals surface area contributed by atoms with Gasteiger partial charge in [0, 0.05) is 0 Å². The number of hydrogen-bond acceptors (Lipinski definition) is 12. The lowest BCUT2D eigenvalue weighted by molar-refractivity contribution is -0.128. The smallest absolute Gasteiger partial charge is 0.237 e. The molecule has 13 heteroatoms. The van der Waals surface area contributed by atoms with Crippen LogP contribution in [0.4, 0.5) is 0 Å². The number of amides is 1. The third kappa shape index (κ3) is 9.13. The van der Waals surface area contributed by atoms with Crippen molar-refractivity contribution in [1.82, 2.24) is 0 Å². The van der Waals surface area contributed by atoms with Crippen molar-refractivity contribution >= 4 is 12.2 Å². The zero-order valence-corrected chi connectivity index (χ0v) is 13.2. The highest BCUT2D eigenvalue weighted by atomic mass is 16.4. The highest BCUT2D eigenvalue weighted by molar-refractivity contribution is 5.80. The van der Waals surface area contributed by atoms with E-state index in [2.05, 4.69) is 0 Å². The molecule has 0 aromatic rings. The number of aliphatic hydroxyl groups is 8. The van der Waals surface area contributed by atoms with Crippen LogP contribution in [0, 0.1) is 0 Å². The van der Waals surface area contributed by atoms with Crippen LogP contribution >= 0.6 is 0 Å². The van der Waals surface area contributed by atoms with Crippen molar-refractivity contribution in [1.29, 1.82) is 0 Å². The largest absolute Gasteiger partial charge is 0.394 e. The molecule has 1 amide bonds. The molecule has 14 N–H and O–H groups in total. The fourth-order valence-electron chi connectivity index (χ4n) is 1.36. The van der Waals surface area contributed by atoms with Crippen LogP contribution in [0.2, 0.25) is 0 Å². The van der Waals surface area contributed by atoms with E-state index in [0.29, 0.717) is 0 Å². The van der Waals surface area contributed by atoms with E-state index in [9.17, 15) is 9.59 Å². The monoisotopic (exact) mass is 373 g/mol. The molecule has 0 aliphatic heterocycles. The summed E-state index contributed by atoms with van der Waals surface area (Å²) in [5, 5.41) is 70.6. The Balaban J connectivity index is 0. The molecule has 0 radical (unpaired) electrons. The fraction of sp³-hybridized carbons (Fsp3) is 0.833. The minimum atomic E-state index is -1.70. The van der Waals surface area contributed by atoms with E-state index in [0.717, 1.165) is 0 Å². The number of rotatable bonds is 10. The average Bonchev–Trinajstić information content (AvgIpc) is 2.62. The van der Waals surface area contributed by atoms with E-state index in [1.165, 1.54) is 0 Å². The molecule has 0 aromatic heterocycles. The molecule has 25 heavy (non-hydrogen) atoms. The predicted molar refractivity (Wildman–Crippen MR) is 81.4 cm³/mol. The molecule has 8 atom stereocenters. The highest BCUT2D eigenvalue weighted by Crippen LogP contribution is 2.03. The summed E-state index contributed by atoms with van der Waals surface area (Å²) in [6.07, 6.45) is -9.38. The summed E-state index contributed by atoms with van der Waals surface area (Å²) in [5.41, 5.74) is 14.9. The second-order valence-electron chi connectivity index (χ2n) is 5.10. The quantitative estimate of drug-likeness (QED) is 0.159. The van der Waals surface area contributed by atoms with Gasteiger partial charge in [0.25, 0.3) is 0 Å². The van der Waals surface area contributed by atoms with Crippen LogP contribution in [0.3, 0.4) is 0 Å². The Hall–Kier alpha value is -1.26. The molecule has 0 aliphatic rings. The lowest BCUT2D eigenvalue weighted by Gasteiger charge is -2.24. The maximum absolute atomic E-state index is 10.4. The van der Waals surface area contributed by atoms with Gasteiger partial charge in [0.2, 0.25) is 5.91 Å². The molecule has 0 fully saturated rings. The lowest BCUT2D eigenvalue weighted by atomic mass is 10.0. The topological polar surface area (TPSA) is 274 Å². The molecule has 150 valence electrons. The van der Waals surface area contributed by atoms with Gasteiger partial charge in [-0.05, 0) is 0 Å².